The van der Waals surface area contributed by atoms with Gasteiger partial charge in [-0.1, -0.05) is 19.3 Å². The summed E-state index contributed by atoms with van der Waals surface area (Å²) in [4.78, 5) is 15.8. The van der Waals surface area contributed by atoms with E-state index in [1.807, 2.05) is 0 Å². The zero-order valence-electron chi connectivity index (χ0n) is 9.85. The highest BCUT2D eigenvalue weighted by Crippen LogP contribution is 2.24. The molecule has 0 unspecified atom stereocenters. The van der Waals surface area contributed by atoms with E-state index in [0.717, 1.165) is 5.01 Å². The summed E-state index contributed by atoms with van der Waals surface area (Å²) >= 11 is 1.40. The van der Waals surface area contributed by atoms with Crippen molar-refractivity contribution in [3.05, 3.63) is 16.1 Å². The van der Waals surface area contributed by atoms with E-state index in [4.69, 9.17) is 10.5 Å². The van der Waals surface area contributed by atoms with Crippen LogP contribution in [0.1, 0.15) is 47.6 Å². The van der Waals surface area contributed by atoms with Crippen molar-refractivity contribution in [1.29, 1.82) is 0 Å². The topological polar surface area (TPSA) is 65.2 Å². The summed E-state index contributed by atoms with van der Waals surface area (Å²) in [5.74, 6) is 0.229. The fraction of sp³-hybridized carbons (Fsp3) is 0.667. The third-order valence-electron chi connectivity index (χ3n) is 3.11. The first-order chi connectivity index (χ1) is 8.29. The predicted octanol–water partition coefficient (Wildman–Crippen LogP) is 2.34. The Morgan fingerprint density at radius 1 is 1.47 bits per heavy atom. The van der Waals surface area contributed by atoms with E-state index >= 15 is 0 Å². The summed E-state index contributed by atoms with van der Waals surface area (Å²) in [5, 5.41) is 2.49. The number of ether oxygens (including phenoxy) is 1. The normalized spacial score (nSPS) is 17.0. The van der Waals surface area contributed by atoms with E-state index < -0.39 is 0 Å². The molecule has 1 aliphatic rings. The fourth-order valence-electron chi connectivity index (χ4n) is 2.12. The zero-order chi connectivity index (χ0) is 12.1. The van der Waals surface area contributed by atoms with Crippen LogP contribution in [-0.2, 0) is 11.3 Å². The maximum absolute atomic E-state index is 11.7. The minimum Gasteiger partial charge on any atom is -0.461 e. The molecule has 1 heterocycles. The minimum atomic E-state index is -0.313. The molecule has 0 radical (unpaired) electrons. The van der Waals surface area contributed by atoms with Crippen molar-refractivity contribution in [3.8, 4) is 0 Å². The predicted molar refractivity (Wildman–Crippen MR) is 66.9 cm³/mol. The molecule has 1 aromatic heterocycles. The highest BCUT2D eigenvalue weighted by molar-refractivity contribution is 7.09. The molecular weight excluding hydrogens is 236 g/mol. The maximum Gasteiger partial charge on any atom is 0.357 e. The van der Waals surface area contributed by atoms with E-state index in [-0.39, 0.29) is 5.97 Å². The smallest absolute Gasteiger partial charge is 0.357 e. The van der Waals surface area contributed by atoms with Crippen molar-refractivity contribution in [2.75, 3.05) is 6.61 Å². The zero-order valence-corrected chi connectivity index (χ0v) is 10.7. The van der Waals surface area contributed by atoms with Crippen LogP contribution >= 0.6 is 11.3 Å². The summed E-state index contributed by atoms with van der Waals surface area (Å²) in [5.41, 5.74) is 5.84. The van der Waals surface area contributed by atoms with Gasteiger partial charge in [0.05, 0.1) is 6.61 Å². The molecule has 0 saturated heterocycles. The van der Waals surface area contributed by atoms with Gasteiger partial charge >= 0.3 is 5.97 Å². The number of carbonyl (C=O) groups is 1. The molecule has 1 saturated carbocycles. The second-order valence-electron chi connectivity index (χ2n) is 4.43. The van der Waals surface area contributed by atoms with Crippen molar-refractivity contribution in [2.24, 2.45) is 11.7 Å². The quantitative estimate of drug-likeness (QED) is 0.838. The van der Waals surface area contributed by atoms with E-state index in [1.165, 1.54) is 43.4 Å². The molecule has 0 atom stereocenters. The number of rotatable bonds is 4. The van der Waals surface area contributed by atoms with E-state index in [0.29, 0.717) is 24.8 Å². The Morgan fingerprint density at radius 2 is 2.24 bits per heavy atom. The number of hydrogen-bond donors (Lipinski definition) is 1. The second kappa shape index (κ2) is 6.12. The molecule has 17 heavy (non-hydrogen) atoms. The number of nitrogens with two attached hydrogens (primary N) is 1. The van der Waals surface area contributed by atoms with Gasteiger partial charge in [-0.2, -0.15) is 0 Å². The molecule has 0 bridgehead atoms. The van der Waals surface area contributed by atoms with Gasteiger partial charge in [0.2, 0.25) is 0 Å². The van der Waals surface area contributed by atoms with Gasteiger partial charge in [0.25, 0.3) is 0 Å². The number of aromatic nitrogens is 1. The Balaban J connectivity index is 1.80. The first kappa shape index (κ1) is 12.5. The van der Waals surface area contributed by atoms with Gasteiger partial charge in [0.15, 0.2) is 5.69 Å². The number of carbonyl (C=O) groups excluding carboxylic acids is 1. The van der Waals surface area contributed by atoms with E-state index in [1.54, 1.807) is 5.38 Å². The van der Waals surface area contributed by atoms with Gasteiger partial charge < -0.3 is 10.5 Å². The summed E-state index contributed by atoms with van der Waals surface area (Å²) in [7, 11) is 0. The van der Waals surface area contributed by atoms with Gasteiger partial charge in [-0.25, -0.2) is 9.78 Å². The monoisotopic (exact) mass is 254 g/mol. The number of nitrogens with zero attached hydrogens (tertiary/aromatic N) is 1. The average molecular weight is 254 g/mol. The number of hydrogen-bond acceptors (Lipinski definition) is 5. The van der Waals surface area contributed by atoms with Crippen molar-refractivity contribution < 1.29 is 9.53 Å². The van der Waals surface area contributed by atoms with Crippen LogP contribution in [0.15, 0.2) is 5.38 Å². The molecule has 4 nitrogen and oxygen atoms in total. The molecule has 1 aromatic rings. The van der Waals surface area contributed by atoms with Gasteiger partial charge in [-0.05, 0) is 18.8 Å². The number of thiazole rings is 1. The summed E-state index contributed by atoms with van der Waals surface area (Å²) < 4.78 is 5.29. The highest BCUT2D eigenvalue weighted by atomic mass is 32.1. The first-order valence-corrected chi connectivity index (χ1v) is 6.99. The Morgan fingerprint density at radius 3 is 2.88 bits per heavy atom. The van der Waals surface area contributed by atoms with Gasteiger partial charge in [-0.15, -0.1) is 11.3 Å². The molecule has 0 spiro atoms. The van der Waals surface area contributed by atoms with Gasteiger partial charge in [0.1, 0.15) is 5.01 Å². The van der Waals surface area contributed by atoms with Crippen LogP contribution in [0.5, 0.6) is 0 Å². The summed E-state index contributed by atoms with van der Waals surface area (Å²) in [6.45, 7) is 0.912. The average Bonchev–Trinajstić information content (AvgIpc) is 2.86. The lowest BCUT2D eigenvalue weighted by Crippen LogP contribution is -2.17. The third kappa shape index (κ3) is 3.51. The Bertz CT molecular complexity index is 372. The van der Waals surface area contributed by atoms with Crippen LogP contribution in [0, 0.1) is 5.92 Å². The highest BCUT2D eigenvalue weighted by Gasteiger charge is 2.17. The fourth-order valence-corrected chi connectivity index (χ4v) is 2.76. The van der Waals surface area contributed by atoms with Crippen LogP contribution in [0.2, 0.25) is 0 Å². The van der Waals surface area contributed by atoms with Crippen molar-refractivity contribution in [1.82, 2.24) is 4.98 Å². The summed E-state index contributed by atoms with van der Waals surface area (Å²) in [6.07, 6.45) is 6.19. The van der Waals surface area contributed by atoms with Crippen LogP contribution in [0.3, 0.4) is 0 Å². The number of esters is 1. The minimum absolute atomic E-state index is 0.313. The molecule has 1 aliphatic carbocycles. The van der Waals surface area contributed by atoms with Gasteiger partial charge in [0, 0.05) is 11.9 Å². The van der Waals surface area contributed by atoms with Gasteiger partial charge in [-0.3, -0.25) is 0 Å². The van der Waals surface area contributed by atoms with Crippen LogP contribution in [0.25, 0.3) is 0 Å². The molecule has 0 amide bonds. The Labute approximate surface area is 105 Å². The molecule has 5 heteroatoms. The lowest BCUT2D eigenvalue weighted by molar-refractivity contribution is 0.0404. The molecule has 2 rings (SSSR count). The van der Waals surface area contributed by atoms with E-state index in [9.17, 15) is 4.79 Å². The largest absolute Gasteiger partial charge is 0.461 e. The van der Waals surface area contributed by atoms with Crippen molar-refractivity contribution in [3.63, 3.8) is 0 Å². The summed E-state index contributed by atoms with van der Waals surface area (Å²) in [6, 6.07) is 0. The molecule has 1 fully saturated rings. The second-order valence-corrected chi connectivity index (χ2v) is 5.38. The van der Waals surface area contributed by atoms with Crippen molar-refractivity contribution >= 4 is 17.3 Å². The maximum atomic E-state index is 11.7. The standard InChI is InChI=1S/C12H18N2O2S/c13-6-11-14-10(8-17-11)12(15)16-7-9-4-2-1-3-5-9/h8-9H,1-7,13H2. The molecular formula is C12H18N2O2S. The first-order valence-electron chi connectivity index (χ1n) is 6.11. The Hall–Kier alpha value is -0.940. The third-order valence-corrected chi connectivity index (χ3v) is 3.98. The molecule has 0 aliphatic heterocycles. The molecule has 94 valence electrons. The lowest BCUT2D eigenvalue weighted by atomic mass is 9.90. The van der Waals surface area contributed by atoms with Crippen LogP contribution in [-0.4, -0.2) is 17.6 Å². The molecule has 2 N–H and O–H groups in total. The van der Waals surface area contributed by atoms with Crippen molar-refractivity contribution in [2.45, 2.75) is 38.6 Å². The lowest BCUT2D eigenvalue weighted by Gasteiger charge is -2.20. The molecule has 0 aromatic carbocycles. The van der Waals surface area contributed by atoms with Crippen LogP contribution < -0.4 is 5.73 Å². The SMILES string of the molecule is NCc1nc(C(=O)OCC2CCCCC2)cs1. The Kier molecular flexibility index (Phi) is 4.50. The van der Waals surface area contributed by atoms with Crippen LogP contribution in [0.4, 0.5) is 0 Å². The van der Waals surface area contributed by atoms with E-state index in [2.05, 4.69) is 4.98 Å².